The van der Waals surface area contributed by atoms with Crippen LogP contribution < -0.4 is 19.1 Å². The highest BCUT2D eigenvalue weighted by molar-refractivity contribution is 6.51. The summed E-state index contributed by atoms with van der Waals surface area (Å²) in [6.45, 7) is 0. The number of anilines is 1. The lowest BCUT2D eigenvalue weighted by Crippen LogP contribution is -2.30. The summed E-state index contributed by atoms with van der Waals surface area (Å²) in [7, 11) is 4.53. The minimum Gasteiger partial charge on any atom is -0.507 e. The van der Waals surface area contributed by atoms with E-state index in [1.807, 2.05) is 0 Å². The molecule has 0 radical (unpaired) electrons. The van der Waals surface area contributed by atoms with E-state index in [4.69, 9.17) is 25.8 Å². The van der Waals surface area contributed by atoms with Crippen LogP contribution in [-0.4, -0.2) is 48.1 Å². The predicted molar refractivity (Wildman–Crippen MR) is 138 cm³/mol. The first-order valence-electron chi connectivity index (χ1n) is 11.2. The Kier molecular flexibility index (Phi) is 6.22. The summed E-state index contributed by atoms with van der Waals surface area (Å²) in [4.78, 5) is 35.7. The lowest BCUT2D eigenvalue weighted by atomic mass is 9.95. The second-order valence-corrected chi connectivity index (χ2v) is 8.65. The zero-order valence-corrected chi connectivity index (χ0v) is 20.9. The monoisotopic (exact) mass is 519 g/mol. The van der Waals surface area contributed by atoms with E-state index in [1.165, 1.54) is 25.2 Å². The van der Waals surface area contributed by atoms with Crippen molar-refractivity contribution < 1.29 is 28.9 Å². The van der Waals surface area contributed by atoms with E-state index in [9.17, 15) is 14.7 Å². The lowest BCUT2D eigenvalue weighted by molar-refractivity contribution is -0.132. The van der Waals surface area contributed by atoms with Gasteiger partial charge < -0.3 is 24.3 Å². The number of imidazole rings is 1. The van der Waals surface area contributed by atoms with E-state index in [1.54, 1.807) is 61.7 Å². The van der Waals surface area contributed by atoms with Gasteiger partial charge in [-0.25, -0.2) is 4.98 Å². The molecule has 188 valence electrons. The van der Waals surface area contributed by atoms with Gasteiger partial charge in [-0.3, -0.25) is 14.5 Å². The summed E-state index contributed by atoms with van der Waals surface area (Å²) < 4.78 is 15.8. The average Bonchev–Trinajstić information content (AvgIpc) is 3.45. The highest BCUT2D eigenvalue weighted by Gasteiger charge is 2.48. The summed E-state index contributed by atoms with van der Waals surface area (Å²) in [6.07, 6.45) is 0. The number of hydrogen-bond donors (Lipinski definition) is 2. The number of carbonyl (C=O) groups is 2. The van der Waals surface area contributed by atoms with Crippen molar-refractivity contribution >= 4 is 46.0 Å². The van der Waals surface area contributed by atoms with Crippen molar-refractivity contribution in [2.75, 3.05) is 26.2 Å². The molecule has 1 fully saturated rings. The molecule has 37 heavy (non-hydrogen) atoms. The fourth-order valence-corrected chi connectivity index (χ4v) is 4.62. The number of aromatic amines is 1. The summed E-state index contributed by atoms with van der Waals surface area (Å²) >= 11 is 6.27. The van der Waals surface area contributed by atoms with Crippen molar-refractivity contribution in [3.63, 3.8) is 0 Å². The number of ether oxygens (including phenoxy) is 3. The molecule has 9 nitrogen and oxygen atoms in total. The Bertz CT molecular complexity index is 1580. The maximum atomic E-state index is 13.4. The van der Waals surface area contributed by atoms with Gasteiger partial charge in [0, 0.05) is 11.6 Å². The number of aliphatic hydroxyl groups is 1. The van der Waals surface area contributed by atoms with Gasteiger partial charge in [0.05, 0.1) is 49.0 Å². The molecule has 0 spiro atoms. The number of rotatable bonds is 6. The van der Waals surface area contributed by atoms with Gasteiger partial charge in [0.2, 0.25) is 5.95 Å². The first kappa shape index (κ1) is 24.2. The van der Waals surface area contributed by atoms with Crippen molar-refractivity contribution in [1.82, 2.24) is 9.97 Å². The Balaban J connectivity index is 1.72. The Morgan fingerprint density at radius 1 is 0.973 bits per heavy atom. The fraction of sp³-hybridized carbons (Fsp3) is 0.148. The van der Waals surface area contributed by atoms with E-state index < -0.39 is 17.7 Å². The van der Waals surface area contributed by atoms with Gasteiger partial charge >= 0.3 is 5.91 Å². The Morgan fingerprint density at radius 2 is 1.73 bits per heavy atom. The number of ketones is 1. The zero-order chi connectivity index (χ0) is 26.3. The highest BCUT2D eigenvalue weighted by Crippen LogP contribution is 2.43. The van der Waals surface area contributed by atoms with E-state index in [0.717, 1.165) is 0 Å². The maximum Gasteiger partial charge on any atom is 0.302 e. The number of Topliss-reactive ketones (excluding diaryl/α,β-unsaturated/α-hetero) is 1. The number of carbonyl (C=O) groups excluding carboxylic acids is 2. The van der Waals surface area contributed by atoms with Crippen molar-refractivity contribution in [3.8, 4) is 17.2 Å². The van der Waals surface area contributed by atoms with Crippen molar-refractivity contribution in [2.24, 2.45) is 0 Å². The van der Waals surface area contributed by atoms with Crippen LogP contribution in [0.3, 0.4) is 0 Å². The number of nitrogens with zero attached hydrogens (tertiary/aromatic N) is 2. The third-order valence-electron chi connectivity index (χ3n) is 6.18. The van der Waals surface area contributed by atoms with Crippen LogP contribution in [-0.2, 0) is 9.59 Å². The van der Waals surface area contributed by atoms with Crippen LogP contribution in [0, 0.1) is 0 Å². The van der Waals surface area contributed by atoms with Gasteiger partial charge in [-0.2, -0.15) is 0 Å². The maximum absolute atomic E-state index is 13.4. The first-order chi connectivity index (χ1) is 17.9. The second kappa shape index (κ2) is 9.51. The van der Waals surface area contributed by atoms with E-state index in [-0.39, 0.29) is 27.9 Å². The molecule has 0 bridgehead atoms. The smallest absolute Gasteiger partial charge is 0.302 e. The van der Waals surface area contributed by atoms with Gasteiger partial charge in [0.15, 0.2) is 0 Å². The van der Waals surface area contributed by atoms with Gasteiger partial charge in [-0.15, -0.1) is 0 Å². The molecular formula is C27H22ClN3O6. The minimum atomic E-state index is -1.00. The van der Waals surface area contributed by atoms with E-state index in [2.05, 4.69) is 9.97 Å². The summed E-state index contributed by atoms with van der Waals surface area (Å²) in [6, 6.07) is 15.7. The van der Waals surface area contributed by atoms with Crippen LogP contribution in [0.5, 0.6) is 17.2 Å². The number of amides is 1. The van der Waals surface area contributed by atoms with Crippen molar-refractivity contribution in [2.45, 2.75) is 6.04 Å². The number of halogens is 1. The number of aliphatic hydroxyl groups excluding tert-OH is 1. The molecule has 1 aromatic heterocycles. The SMILES string of the molecule is COc1cccc(C2/C(=C(\O)c3ccc(OC)c(Cl)c3)C(=O)C(=O)N2c2nc3ccc(OC)cc3[nH]2)c1. The molecule has 5 rings (SSSR count). The van der Waals surface area contributed by atoms with Crippen LogP contribution in [0.15, 0.2) is 66.2 Å². The average molecular weight is 520 g/mol. The quantitative estimate of drug-likeness (QED) is 0.212. The molecule has 0 aliphatic carbocycles. The zero-order valence-electron chi connectivity index (χ0n) is 20.1. The summed E-state index contributed by atoms with van der Waals surface area (Å²) in [5.74, 6) is -0.424. The molecular weight excluding hydrogens is 498 g/mol. The fourth-order valence-electron chi connectivity index (χ4n) is 4.36. The highest BCUT2D eigenvalue weighted by atomic mass is 35.5. The second-order valence-electron chi connectivity index (χ2n) is 8.24. The van der Waals surface area contributed by atoms with Crippen LogP contribution in [0.25, 0.3) is 16.8 Å². The molecule has 1 aliphatic heterocycles. The molecule has 1 aliphatic rings. The number of hydrogen-bond acceptors (Lipinski definition) is 7. The molecule has 1 saturated heterocycles. The topological polar surface area (TPSA) is 114 Å². The van der Waals surface area contributed by atoms with Gasteiger partial charge in [-0.1, -0.05) is 23.7 Å². The van der Waals surface area contributed by atoms with Crippen molar-refractivity contribution in [1.29, 1.82) is 0 Å². The first-order valence-corrected chi connectivity index (χ1v) is 11.6. The molecule has 0 saturated carbocycles. The Morgan fingerprint density at radius 3 is 2.43 bits per heavy atom. The standard InChI is InChI=1S/C27H22ClN3O6/c1-35-16-6-4-5-14(11-16)23-22(24(32)15-7-10-21(37-3)18(28)12-15)25(33)26(34)31(23)27-29-19-9-8-17(36-2)13-20(19)30-27/h4-13,23,32H,1-3H3,(H,29,30)/b24-22+. The number of methoxy groups -OCH3 is 3. The minimum absolute atomic E-state index is 0.113. The summed E-state index contributed by atoms with van der Waals surface area (Å²) in [5.41, 5.74) is 1.87. The van der Waals surface area contributed by atoms with Crippen molar-refractivity contribution in [3.05, 3.63) is 82.4 Å². The van der Waals surface area contributed by atoms with Crippen LogP contribution in [0.1, 0.15) is 17.2 Å². The largest absolute Gasteiger partial charge is 0.507 e. The molecule has 1 unspecified atom stereocenters. The lowest BCUT2D eigenvalue weighted by Gasteiger charge is -2.23. The van der Waals surface area contributed by atoms with E-state index in [0.29, 0.717) is 33.8 Å². The molecule has 10 heteroatoms. The number of aromatic nitrogens is 2. The van der Waals surface area contributed by atoms with Crippen LogP contribution in [0.2, 0.25) is 5.02 Å². The van der Waals surface area contributed by atoms with Gasteiger partial charge in [0.25, 0.3) is 5.78 Å². The van der Waals surface area contributed by atoms with Crippen LogP contribution in [0.4, 0.5) is 5.95 Å². The molecule has 1 amide bonds. The predicted octanol–water partition coefficient (Wildman–Crippen LogP) is 4.87. The third kappa shape index (κ3) is 4.13. The number of benzene rings is 3. The Labute approximate surface area is 216 Å². The van der Waals surface area contributed by atoms with E-state index >= 15 is 0 Å². The van der Waals surface area contributed by atoms with Gasteiger partial charge in [0.1, 0.15) is 23.0 Å². The Hall–Kier alpha value is -4.50. The number of nitrogens with one attached hydrogen (secondary N) is 1. The number of fused-ring (bicyclic) bond motifs is 1. The number of H-pyrrole nitrogens is 1. The van der Waals surface area contributed by atoms with Crippen LogP contribution >= 0.6 is 11.6 Å². The molecule has 1 atom stereocenters. The molecule has 3 aromatic carbocycles. The molecule has 2 heterocycles. The summed E-state index contributed by atoms with van der Waals surface area (Å²) in [5, 5.41) is 11.6. The molecule has 2 N–H and O–H groups in total. The third-order valence-corrected chi connectivity index (χ3v) is 6.48. The normalized spacial score (nSPS) is 16.9. The molecule has 4 aromatic rings. The van der Waals surface area contributed by atoms with Gasteiger partial charge in [-0.05, 0) is 48.0 Å².